The summed E-state index contributed by atoms with van der Waals surface area (Å²) in [4.78, 5) is 6.59. The molecule has 1 aromatic carbocycles. The van der Waals surface area contributed by atoms with Crippen molar-refractivity contribution in [3.8, 4) is 5.75 Å². The number of hydrogen-bond acceptors (Lipinski definition) is 4. The second kappa shape index (κ2) is 6.99. The summed E-state index contributed by atoms with van der Waals surface area (Å²) in [5.41, 5.74) is 7.61. The van der Waals surface area contributed by atoms with Crippen molar-refractivity contribution in [2.45, 2.75) is 25.5 Å². The van der Waals surface area contributed by atoms with Crippen LogP contribution >= 0.6 is 11.6 Å². The molecule has 0 saturated carbocycles. The predicted octanol–water partition coefficient (Wildman–Crippen LogP) is 3.36. The molecule has 1 saturated heterocycles. The highest BCUT2D eigenvalue weighted by Crippen LogP contribution is 2.29. The summed E-state index contributed by atoms with van der Waals surface area (Å²) in [6.45, 7) is 2.99. The van der Waals surface area contributed by atoms with E-state index in [-0.39, 0.29) is 6.10 Å². The largest absolute Gasteiger partial charge is 0.489 e. The van der Waals surface area contributed by atoms with Crippen LogP contribution in [-0.2, 0) is 6.54 Å². The van der Waals surface area contributed by atoms with Crippen LogP contribution in [0.15, 0.2) is 42.7 Å². The van der Waals surface area contributed by atoms with Crippen molar-refractivity contribution in [3.05, 3.63) is 53.3 Å². The van der Waals surface area contributed by atoms with Crippen LogP contribution in [0.2, 0.25) is 5.02 Å². The zero-order valence-corrected chi connectivity index (χ0v) is 13.2. The number of anilines is 1. The Kier molecular flexibility index (Phi) is 4.80. The van der Waals surface area contributed by atoms with Crippen LogP contribution in [0, 0.1) is 0 Å². The molecule has 2 aromatic rings. The third-order valence-electron chi connectivity index (χ3n) is 3.91. The smallest absolute Gasteiger partial charge is 0.138 e. The highest BCUT2D eigenvalue weighted by Gasteiger charge is 2.21. The van der Waals surface area contributed by atoms with E-state index in [1.807, 2.05) is 24.4 Å². The van der Waals surface area contributed by atoms with Gasteiger partial charge in [0.2, 0.25) is 0 Å². The number of piperidine rings is 1. The molecule has 2 heterocycles. The highest BCUT2D eigenvalue weighted by molar-refractivity contribution is 6.32. The van der Waals surface area contributed by atoms with Gasteiger partial charge in [0.15, 0.2) is 0 Å². The van der Waals surface area contributed by atoms with Crippen LogP contribution in [0.1, 0.15) is 18.4 Å². The number of benzene rings is 1. The maximum atomic E-state index is 6.16. The lowest BCUT2D eigenvalue weighted by atomic mass is 10.1. The first kappa shape index (κ1) is 15.1. The summed E-state index contributed by atoms with van der Waals surface area (Å²) in [6.07, 6.45) is 5.95. The van der Waals surface area contributed by atoms with Crippen LogP contribution in [0.25, 0.3) is 0 Å². The van der Waals surface area contributed by atoms with Crippen molar-refractivity contribution in [3.63, 3.8) is 0 Å². The molecule has 0 radical (unpaired) electrons. The van der Waals surface area contributed by atoms with Gasteiger partial charge in [-0.2, -0.15) is 0 Å². The number of nitrogen functional groups attached to an aromatic ring is 1. The van der Waals surface area contributed by atoms with Crippen LogP contribution in [0.3, 0.4) is 0 Å². The minimum Gasteiger partial charge on any atom is -0.489 e. The average molecular weight is 318 g/mol. The zero-order chi connectivity index (χ0) is 15.4. The fourth-order valence-corrected chi connectivity index (χ4v) is 2.96. The monoisotopic (exact) mass is 317 g/mol. The number of ether oxygens (including phenoxy) is 1. The Morgan fingerprint density at radius 2 is 2.09 bits per heavy atom. The number of aromatic nitrogens is 1. The van der Waals surface area contributed by atoms with Gasteiger partial charge in [-0.1, -0.05) is 17.7 Å². The minimum atomic E-state index is 0.214. The molecule has 3 rings (SSSR count). The summed E-state index contributed by atoms with van der Waals surface area (Å²) < 4.78 is 6.01. The molecular weight excluding hydrogens is 298 g/mol. The first-order chi connectivity index (χ1) is 10.7. The Morgan fingerprint density at radius 1 is 1.27 bits per heavy atom. The van der Waals surface area contributed by atoms with Gasteiger partial charge in [0.05, 0.1) is 5.02 Å². The van der Waals surface area contributed by atoms with Gasteiger partial charge in [-0.3, -0.25) is 9.88 Å². The van der Waals surface area contributed by atoms with E-state index < -0.39 is 0 Å². The maximum absolute atomic E-state index is 6.16. The van der Waals surface area contributed by atoms with Crippen LogP contribution in [0.5, 0.6) is 5.75 Å². The SMILES string of the molecule is Nc1ccc(OC2CCN(Cc3cccnc3)CC2)c(Cl)c1. The third kappa shape index (κ3) is 3.90. The van der Waals surface area contributed by atoms with Crippen LogP contribution < -0.4 is 10.5 Å². The Balaban J connectivity index is 1.51. The first-order valence-corrected chi connectivity index (χ1v) is 7.91. The zero-order valence-electron chi connectivity index (χ0n) is 12.4. The Hall–Kier alpha value is -1.78. The minimum absolute atomic E-state index is 0.214. The molecular formula is C17H20ClN3O. The van der Waals surface area contributed by atoms with Gasteiger partial charge in [0.25, 0.3) is 0 Å². The van der Waals surface area contributed by atoms with E-state index in [4.69, 9.17) is 22.1 Å². The second-order valence-corrected chi connectivity index (χ2v) is 6.05. The maximum Gasteiger partial charge on any atom is 0.138 e. The molecule has 2 N–H and O–H groups in total. The van der Waals surface area contributed by atoms with Crippen molar-refractivity contribution < 1.29 is 4.74 Å². The molecule has 116 valence electrons. The van der Waals surface area contributed by atoms with Crippen molar-refractivity contribution in [1.29, 1.82) is 0 Å². The first-order valence-electron chi connectivity index (χ1n) is 7.53. The molecule has 0 spiro atoms. The highest BCUT2D eigenvalue weighted by atomic mass is 35.5. The van der Waals surface area contributed by atoms with E-state index in [1.165, 1.54) is 5.56 Å². The van der Waals surface area contributed by atoms with Gasteiger partial charge < -0.3 is 10.5 Å². The summed E-state index contributed by atoms with van der Waals surface area (Å²) in [7, 11) is 0. The number of nitrogens with two attached hydrogens (primary N) is 1. The third-order valence-corrected chi connectivity index (χ3v) is 4.21. The lowest BCUT2D eigenvalue weighted by Gasteiger charge is -2.32. The normalized spacial score (nSPS) is 16.6. The van der Waals surface area contributed by atoms with E-state index in [1.54, 1.807) is 12.3 Å². The summed E-state index contributed by atoms with van der Waals surface area (Å²) in [5, 5.41) is 0.581. The predicted molar refractivity (Wildman–Crippen MR) is 89.0 cm³/mol. The molecule has 0 aliphatic carbocycles. The van der Waals surface area contributed by atoms with Gasteiger partial charge >= 0.3 is 0 Å². The van der Waals surface area contributed by atoms with E-state index in [2.05, 4.69) is 16.0 Å². The topological polar surface area (TPSA) is 51.4 Å². The second-order valence-electron chi connectivity index (χ2n) is 5.64. The lowest BCUT2D eigenvalue weighted by molar-refractivity contribution is 0.0968. The van der Waals surface area contributed by atoms with E-state index in [0.29, 0.717) is 10.7 Å². The number of halogens is 1. The fraction of sp³-hybridized carbons (Fsp3) is 0.353. The molecule has 0 amide bonds. The van der Waals surface area contributed by atoms with Crippen molar-refractivity contribution in [2.24, 2.45) is 0 Å². The molecule has 0 atom stereocenters. The van der Waals surface area contributed by atoms with Gasteiger partial charge in [0.1, 0.15) is 11.9 Å². The number of rotatable bonds is 4. The van der Waals surface area contributed by atoms with E-state index in [0.717, 1.165) is 38.2 Å². The molecule has 1 aliphatic heterocycles. The summed E-state index contributed by atoms with van der Waals surface area (Å²) in [6, 6.07) is 9.49. The quantitative estimate of drug-likeness (QED) is 0.879. The molecule has 4 nitrogen and oxygen atoms in total. The van der Waals surface area contributed by atoms with Crippen molar-refractivity contribution in [1.82, 2.24) is 9.88 Å². The molecule has 1 aliphatic rings. The Bertz CT molecular complexity index is 613. The number of pyridine rings is 1. The number of nitrogens with zero attached hydrogens (tertiary/aromatic N) is 2. The van der Waals surface area contributed by atoms with Gasteiger partial charge in [-0.25, -0.2) is 0 Å². The number of hydrogen-bond donors (Lipinski definition) is 1. The molecule has 1 aromatic heterocycles. The Morgan fingerprint density at radius 3 is 2.77 bits per heavy atom. The van der Waals surface area contributed by atoms with E-state index >= 15 is 0 Å². The summed E-state index contributed by atoms with van der Waals surface area (Å²) >= 11 is 6.16. The van der Waals surface area contributed by atoms with Gasteiger partial charge in [0, 0.05) is 37.7 Å². The van der Waals surface area contributed by atoms with Gasteiger partial charge in [-0.05, 0) is 42.7 Å². The van der Waals surface area contributed by atoms with Crippen LogP contribution in [-0.4, -0.2) is 29.1 Å². The molecule has 1 fully saturated rings. The fourth-order valence-electron chi connectivity index (χ4n) is 2.73. The number of likely N-dealkylation sites (tertiary alicyclic amines) is 1. The van der Waals surface area contributed by atoms with E-state index in [9.17, 15) is 0 Å². The lowest BCUT2D eigenvalue weighted by Crippen LogP contribution is -2.37. The Labute approximate surface area is 135 Å². The van der Waals surface area contributed by atoms with Crippen LogP contribution in [0.4, 0.5) is 5.69 Å². The van der Waals surface area contributed by atoms with Crippen molar-refractivity contribution in [2.75, 3.05) is 18.8 Å². The van der Waals surface area contributed by atoms with Gasteiger partial charge in [-0.15, -0.1) is 0 Å². The molecule has 5 heteroatoms. The average Bonchev–Trinajstić information content (AvgIpc) is 2.53. The molecule has 0 unspecified atom stereocenters. The molecule has 0 bridgehead atoms. The standard InChI is InChI=1S/C17H20ClN3O/c18-16-10-14(19)3-4-17(16)22-15-5-8-21(9-6-15)12-13-2-1-7-20-11-13/h1-4,7,10-11,15H,5-6,8-9,12,19H2. The van der Waals surface area contributed by atoms with Crippen molar-refractivity contribution >= 4 is 17.3 Å². The molecule has 22 heavy (non-hydrogen) atoms. The summed E-state index contributed by atoms with van der Waals surface area (Å²) in [5.74, 6) is 0.724.